The van der Waals surface area contributed by atoms with Crippen molar-refractivity contribution in [3.05, 3.63) is 95.6 Å². The van der Waals surface area contributed by atoms with Gasteiger partial charge in [-0.3, -0.25) is 25.2 Å². The van der Waals surface area contributed by atoms with E-state index in [4.69, 9.17) is 0 Å². The van der Waals surface area contributed by atoms with Crippen LogP contribution in [0, 0.1) is 0 Å². The van der Waals surface area contributed by atoms with Gasteiger partial charge < -0.3 is 10.1 Å². The zero-order chi connectivity index (χ0) is 25.2. The molecule has 0 saturated heterocycles. The number of ether oxygens (including phenoxy) is 1. The lowest BCUT2D eigenvalue weighted by Gasteiger charge is -2.18. The van der Waals surface area contributed by atoms with Gasteiger partial charge in [0, 0.05) is 24.1 Å². The predicted octanol–water partition coefficient (Wildman–Crippen LogP) is 3.14. The van der Waals surface area contributed by atoms with E-state index in [0.29, 0.717) is 17.5 Å². The van der Waals surface area contributed by atoms with Crippen LogP contribution in [0.3, 0.4) is 0 Å². The molecule has 1 unspecified atom stereocenters. The number of hydrazine groups is 1. The molecular weight excluding hydrogens is 446 g/mol. The highest BCUT2D eigenvalue weighted by Crippen LogP contribution is 2.24. The van der Waals surface area contributed by atoms with Crippen molar-refractivity contribution < 1.29 is 23.9 Å². The minimum atomic E-state index is -0.684. The largest absolute Gasteiger partial charge is 0.466 e. The molecule has 3 aromatic rings. The number of nitrogens with one attached hydrogen (secondary N) is 3. The van der Waals surface area contributed by atoms with E-state index >= 15 is 0 Å². The van der Waals surface area contributed by atoms with Gasteiger partial charge in [0.15, 0.2) is 0 Å². The van der Waals surface area contributed by atoms with Crippen LogP contribution in [0.15, 0.2) is 78.9 Å². The zero-order valence-electron chi connectivity index (χ0n) is 19.5. The first kappa shape index (κ1) is 25.2. The number of carbonyl (C=O) groups excluding carboxylic acids is 4. The quantitative estimate of drug-likeness (QED) is 0.264. The first-order chi connectivity index (χ1) is 16.9. The summed E-state index contributed by atoms with van der Waals surface area (Å²) in [6.45, 7) is 1.94. The van der Waals surface area contributed by atoms with E-state index in [-0.39, 0.29) is 18.4 Å². The van der Waals surface area contributed by atoms with Crippen molar-refractivity contribution >= 4 is 34.5 Å². The van der Waals surface area contributed by atoms with E-state index in [2.05, 4.69) is 20.9 Å². The van der Waals surface area contributed by atoms with Gasteiger partial charge in [0.1, 0.15) is 0 Å². The Morgan fingerprint density at radius 1 is 0.886 bits per heavy atom. The summed E-state index contributed by atoms with van der Waals surface area (Å²) in [6.07, 6.45) is 2.23. The number of hydrogen-bond acceptors (Lipinski definition) is 5. The highest BCUT2D eigenvalue weighted by molar-refractivity contribution is 5.97. The fourth-order valence-corrected chi connectivity index (χ4v) is 3.64. The molecule has 0 heterocycles. The van der Waals surface area contributed by atoms with Crippen molar-refractivity contribution in [1.29, 1.82) is 0 Å². The summed E-state index contributed by atoms with van der Waals surface area (Å²) in [5, 5.41) is 5.24. The molecule has 0 aliphatic rings. The number of aryl methyl sites for hydroxylation is 1. The van der Waals surface area contributed by atoms with E-state index < -0.39 is 17.8 Å². The molecule has 0 radical (unpaired) electrons. The van der Waals surface area contributed by atoms with Crippen LogP contribution in [0.4, 0.5) is 0 Å². The van der Waals surface area contributed by atoms with Crippen molar-refractivity contribution in [3.63, 3.8) is 0 Å². The third-order valence-electron chi connectivity index (χ3n) is 5.42. The predicted molar refractivity (Wildman–Crippen MR) is 132 cm³/mol. The van der Waals surface area contributed by atoms with Crippen LogP contribution in [0.5, 0.6) is 0 Å². The van der Waals surface area contributed by atoms with Crippen LogP contribution in [-0.2, 0) is 25.5 Å². The van der Waals surface area contributed by atoms with E-state index in [1.807, 2.05) is 49.4 Å². The standard InChI is InChI=1S/C27H27N3O5/c1-18(21-13-7-10-19-8-3-5-11-22(19)21)28-27(34)23-12-6-4-9-20(23)14-15-24(31)29-30-25(32)16-17-26(33)35-2/h3-13,16-18H,14-15H2,1-2H3,(H,28,34)(H,29,31)(H,30,32). The van der Waals surface area contributed by atoms with E-state index in [9.17, 15) is 19.2 Å². The highest BCUT2D eigenvalue weighted by atomic mass is 16.5. The summed E-state index contributed by atoms with van der Waals surface area (Å²) < 4.78 is 4.39. The van der Waals surface area contributed by atoms with Gasteiger partial charge in [-0.15, -0.1) is 0 Å². The van der Waals surface area contributed by atoms with Gasteiger partial charge in [0.2, 0.25) is 5.91 Å². The smallest absolute Gasteiger partial charge is 0.330 e. The zero-order valence-corrected chi connectivity index (χ0v) is 19.5. The van der Waals surface area contributed by atoms with Crippen molar-refractivity contribution in [3.8, 4) is 0 Å². The molecule has 0 aliphatic carbocycles. The Balaban J connectivity index is 1.60. The van der Waals surface area contributed by atoms with Crippen LogP contribution in [0.2, 0.25) is 0 Å². The molecule has 3 aromatic carbocycles. The normalized spacial score (nSPS) is 11.6. The molecule has 8 nitrogen and oxygen atoms in total. The minimum Gasteiger partial charge on any atom is -0.466 e. The van der Waals surface area contributed by atoms with Gasteiger partial charge in [0.05, 0.1) is 13.2 Å². The van der Waals surface area contributed by atoms with Crippen LogP contribution in [0.25, 0.3) is 10.8 Å². The van der Waals surface area contributed by atoms with Crippen LogP contribution < -0.4 is 16.2 Å². The monoisotopic (exact) mass is 473 g/mol. The summed E-state index contributed by atoms with van der Waals surface area (Å²) in [7, 11) is 1.19. The van der Waals surface area contributed by atoms with Crippen LogP contribution >= 0.6 is 0 Å². The average Bonchev–Trinajstić information content (AvgIpc) is 2.88. The Morgan fingerprint density at radius 2 is 1.60 bits per heavy atom. The molecule has 3 amide bonds. The number of amides is 3. The topological polar surface area (TPSA) is 114 Å². The van der Waals surface area contributed by atoms with E-state index in [0.717, 1.165) is 28.5 Å². The van der Waals surface area contributed by atoms with Gasteiger partial charge >= 0.3 is 5.97 Å². The van der Waals surface area contributed by atoms with Gasteiger partial charge in [0.25, 0.3) is 11.8 Å². The molecule has 0 aromatic heterocycles. The summed E-state index contributed by atoms with van der Waals surface area (Å²) in [4.78, 5) is 47.8. The van der Waals surface area contributed by atoms with Gasteiger partial charge in [-0.05, 0) is 41.3 Å². The van der Waals surface area contributed by atoms with Gasteiger partial charge in [-0.25, -0.2) is 4.79 Å². The number of methoxy groups -OCH3 is 1. The minimum absolute atomic E-state index is 0.0458. The maximum absolute atomic E-state index is 13.1. The summed E-state index contributed by atoms with van der Waals surface area (Å²) in [5.41, 5.74) is 6.67. The highest BCUT2D eigenvalue weighted by Gasteiger charge is 2.16. The Hall–Kier alpha value is -4.46. The third-order valence-corrected chi connectivity index (χ3v) is 5.42. The molecule has 3 N–H and O–H groups in total. The third kappa shape index (κ3) is 7.01. The molecule has 0 spiro atoms. The number of rotatable bonds is 8. The summed E-state index contributed by atoms with van der Waals surface area (Å²) >= 11 is 0. The first-order valence-electron chi connectivity index (χ1n) is 11.1. The second-order valence-corrected chi connectivity index (χ2v) is 7.81. The number of benzene rings is 3. The molecule has 35 heavy (non-hydrogen) atoms. The number of fused-ring (bicyclic) bond motifs is 1. The molecule has 0 fully saturated rings. The Labute approximate surface area is 203 Å². The first-order valence-corrected chi connectivity index (χ1v) is 11.1. The number of hydrogen-bond donors (Lipinski definition) is 3. The number of esters is 1. The molecule has 8 heteroatoms. The van der Waals surface area contributed by atoms with Crippen molar-refractivity contribution in [1.82, 2.24) is 16.2 Å². The fourth-order valence-electron chi connectivity index (χ4n) is 3.64. The number of carbonyl (C=O) groups is 4. The Kier molecular flexibility index (Phi) is 8.72. The van der Waals surface area contributed by atoms with Gasteiger partial charge in [-0.2, -0.15) is 0 Å². The average molecular weight is 474 g/mol. The lowest BCUT2D eigenvalue weighted by Crippen LogP contribution is -2.41. The fraction of sp³-hybridized carbons (Fsp3) is 0.185. The lowest BCUT2D eigenvalue weighted by atomic mass is 9.98. The second kappa shape index (κ2) is 12.1. The van der Waals surface area contributed by atoms with Gasteiger partial charge in [-0.1, -0.05) is 60.7 Å². The van der Waals surface area contributed by atoms with Crippen molar-refractivity contribution in [2.75, 3.05) is 7.11 Å². The maximum Gasteiger partial charge on any atom is 0.330 e. The van der Waals surface area contributed by atoms with E-state index in [1.165, 1.54) is 7.11 Å². The van der Waals surface area contributed by atoms with E-state index in [1.54, 1.807) is 24.3 Å². The van der Waals surface area contributed by atoms with Crippen molar-refractivity contribution in [2.45, 2.75) is 25.8 Å². The molecule has 3 rings (SSSR count). The maximum atomic E-state index is 13.1. The molecule has 180 valence electrons. The van der Waals surface area contributed by atoms with Crippen LogP contribution in [0.1, 0.15) is 40.9 Å². The lowest BCUT2D eigenvalue weighted by molar-refractivity contribution is -0.135. The molecule has 0 bridgehead atoms. The molecule has 0 aliphatic heterocycles. The Morgan fingerprint density at radius 3 is 2.40 bits per heavy atom. The summed E-state index contributed by atoms with van der Waals surface area (Å²) in [5.74, 6) is -2.03. The molecular formula is C27H27N3O5. The van der Waals surface area contributed by atoms with Crippen molar-refractivity contribution in [2.24, 2.45) is 0 Å². The second-order valence-electron chi connectivity index (χ2n) is 7.81. The Bertz CT molecular complexity index is 1260. The summed E-state index contributed by atoms with van der Waals surface area (Å²) in [6, 6.07) is 20.9. The van der Waals surface area contributed by atoms with Crippen LogP contribution in [-0.4, -0.2) is 30.8 Å². The molecule has 0 saturated carbocycles. The molecule has 1 atom stereocenters. The SMILES string of the molecule is COC(=O)C=CC(=O)NNC(=O)CCc1ccccc1C(=O)NC(C)c1cccc2ccccc12.